The maximum absolute atomic E-state index is 13.7. The van der Waals surface area contributed by atoms with Crippen LogP contribution in [0.15, 0.2) is 46.9 Å². The van der Waals surface area contributed by atoms with Gasteiger partial charge in [0.1, 0.15) is 28.7 Å². The van der Waals surface area contributed by atoms with Crippen LogP contribution in [-0.2, 0) is 6.42 Å². The first kappa shape index (κ1) is 16.8. The predicted octanol–water partition coefficient (Wildman–Crippen LogP) is 4.74. The Hall–Kier alpha value is -3.02. The van der Waals surface area contributed by atoms with Crippen molar-refractivity contribution in [3.05, 3.63) is 71.3 Å². The van der Waals surface area contributed by atoms with Crippen LogP contribution in [-0.4, -0.2) is 10.9 Å². The number of nitrogens with zero attached hydrogens (tertiary/aromatic N) is 1. The highest BCUT2D eigenvalue weighted by atomic mass is 19.1. The van der Waals surface area contributed by atoms with Crippen LogP contribution in [0.5, 0.6) is 0 Å². The summed E-state index contributed by atoms with van der Waals surface area (Å²) in [4.78, 5) is 16.5. The first-order valence-electron chi connectivity index (χ1n) is 7.81. The van der Waals surface area contributed by atoms with Gasteiger partial charge in [-0.3, -0.25) is 4.79 Å². The van der Waals surface area contributed by atoms with Gasteiger partial charge in [-0.05, 0) is 24.3 Å². The number of oxazole rings is 1. The third kappa shape index (κ3) is 3.42. The fourth-order valence-corrected chi connectivity index (χ4v) is 2.55. The number of carbonyl (C=O) groups excluding carboxylic acids is 1. The molecule has 0 bridgehead atoms. The SMILES string of the molecule is CCc1oc(C)nc1-c1ccc(NC(=O)c2c(F)cccc2F)cc1. The van der Waals surface area contributed by atoms with Gasteiger partial charge >= 0.3 is 0 Å². The van der Waals surface area contributed by atoms with Gasteiger partial charge in [0.2, 0.25) is 0 Å². The Morgan fingerprint density at radius 2 is 1.76 bits per heavy atom. The van der Waals surface area contributed by atoms with Crippen molar-refractivity contribution >= 4 is 11.6 Å². The molecular formula is C19H16F2N2O2. The average molecular weight is 342 g/mol. The molecule has 0 aliphatic rings. The van der Waals surface area contributed by atoms with Gasteiger partial charge in [0.25, 0.3) is 5.91 Å². The summed E-state index contributed by atoms with van der Waals surface area (Å²) < 4.78 is 32.8. The molecule has 3 aromatic rings. The standard InChI is InChI=1S/C19H16F2N2O2/c1-3-16-18(22-11(2)25-16)12-7-9-13(10-8-12)23-19(24)17-14(20)5-4-6-15(17)21/h4-10H,3H2,1-2H3,(H,23,24). The van der Waals surface area contributed by atoms with E-state index in [9.17, 15) is 13.6 Å². The minimum Gasteiger partial charge on any atom is -0.445 e. The number of carbonyl (C=O) groups is 1. The van der Waals surface area contributed by atoms with Crippen LogP contribution in [0, 0.1) is 18.6 Å². The van der Waals surface area contributed by atoms with E-state index in [-0.39, 0.29) is 0 Å². The second-order valence-electron chi connectivity index (χ2n) is 5.49. The quantitative estimate of drug-likeness (QED) is 0.745. The number of aryl methyl sites for hydroxylation is 2. The first-order valence-corrected chi connectivity index (χ1v) is 7.81. The third-order valence-electron chi connectivity index (χ3n) is 3.73. The van der Waals surface area contributed by atoms with Gasteiger partial charge in [0.05, 0.1) is 0 Å². The minimum absolute atomic E-state index is 0.426. The van der Waals surface area contributed by atoms with E-state index in [0.29, 0.717) is 18.0 Å². The van der Waals surface area contributed by atoms with E-state index >= 15 is 0 Å². The molecule has 0 saturated carbocycles. The average Bonchev–Trinajstić information content (AvgIpc) is 2.96. The van der Waals surface area contributed by atoms with E-state index in [0.717, 1.165) is 29.2 Å². The van der Waals surface area contributed by atoms with Crippen molar-refractivity contribution in [3.8, 4) is 11.3 Å². The molecule has 1 amide bonds. The summed E-state index contributed by atoms with van der Waals surface area (Å²) in [7, 11) is 0. The lowest BCUT2D eigenvalue weighted by Gasteiger charge is -2.08. The van der Waals surface area contributed by atoms with E-state index in [1.807, 2.05) is 6.92 Å². The molecule has 0 spiro atoms. The first-order chi connectivity index (χ1) is 12.0. The van der Waals surface area contributed by atoms with Crippen LogP contribution < -0.4 is 5.32 Å². The monoisotopic (exact) mass is 342 g/mol. The van der Waals surface area contributed by atoms with E-state index in [1.165, 1.54) is 6.07 Å². The van der Waals surface area contributed by atoms with Gasteiger partial charge < -0.3 is 9.73 Å². The molecule has 128 valence electrons. The fraction of sp³-hybridized carbons (Fsp3) is 0.158. The minimum atomic E-state index is -0.903. The summed E-state index contributed by atoms with van der Waals surface area (Å²) in [5.41, 5.74) is 1.41. The summed E-state index contributed by atoms with van der Waals surface area (Å²) in [5.74, 6) is -1.28. The number of amides is 1. The van der Waals surface area contributed by atoms with Crippen LogP contribution in [0.4, 0.5) is 14.5 Å². The molecule has 1 heterocycles. The van der Waals surface area contributed by atoms with Crippen molar-refractivity contribution in [2.45, 2.75) is 20.3 Å². The van der Waals surface area contributed by atoms with Crippen molar-refractivity contribution in [3.63, 3.8) is 0 Å². The van der Waals surface area contributed by atoms with Crippen molar-refractivity contribution < 1.29 is 18.0 Å². The Morgan fingerprint density at radius 3 is 2.36 bits per heavy atom. The number of aromatic nitrogens is 1. The summed E-state index contributed by atoms with van der Waals surface area (Å²) in [6.07, 6.45) is 0.710. The second-order valence-corrected chi connectivity index (χ2v) is 5.49. The Labute approximate surface area is 143 Å². The summed E-state index contributed by atoms with van der Waals surface area (Å²) in [6, 6.07) is 10.1. The Morgan fingerprint density at radius 1 is 1.12 bits per heavy atom. The number of benzene rings is 2. The molecule has 2 aromatic carbocycles. The van der Waals surface area contributed by atoms with E-state index in [1.54, 1.807) is 31.2 Å². The van der Waals surface area contributed by atoms with Crippen molar-refractivity contribution in [1.29, 1.82) is 0 Å². The number of hydrogen-bond donors (Lipinski definition) is 1. The zero-order valence-electron chi connectivity index (χ0n) is 13.8. The van der Waals surface area contributed by atoms with Gasteiger partial charge in [-0.15, -0.1) is 0 Å². The van der Waals surface area contributed by atoms with E-state index < -0.39 is 23.1 Å². The number of nitrogens with one attached hydrogen (secondary N) is 1. The molecule has 0 fully saturated rings. The zero-order chi connectivity index (χ0) is 18.0. The van der Waals surface area contributed by atoms with Crippen LogP contribution >= 0.6 is 0 Å². The van der Waals surface area contributed by atoms with Crippen molar-refractivity contribution in [1.82, 2.24) is 4.98 Å². The molecule has 25 heavy (non-hydrogen) atoms. The molecule has 4 nitrogen and oxygen atoms in total. The van der Waals surface area contributed by atoms with Crippen LogP contribution in [0.3, 0.4) is 0 Å². The molecule has 0 radical (unpaired) electrons. The number of hydrogen-bond acceptors (Lipinski definition) is 3. The topological polar surface area (TPSA) is 55.1 Å². The molecule has 0 atom stereocenters. The van der Waals surface area contributed by atoms with Crippen molar-refractivity contribution in [2.75, 3.05) is 5.32 Å². The van der Waals surface area contributed by atoms with Crippen molar-refractivity contribution in [2.24, 2.45) is 0 Å². The lowest BCUT2D eigenvalue weighted by molar-refractivity contribution is 0.101. The van der Waals surface area contributed by atoms with Gasteiger partial charge in [-0.1, -0.05) is 25.1 Å². The number of anilines is 1. The number of halogens is 2. The Balaban J connectivity index is 1.82. The molecular weight excluding hydrogens is 326 g/mol. The van der Waals surface area contributed by atoms with E-state index in [4.69, 9.17) is 4.42 Å². The molecule has 0 saturated heterocycles. The smallest absolute Gasteiger partial charge is 0.261 e. The van der Waals surface area contributed by atoms with Gasteiger partial charge in [0, 0.05) is 24.6 Å². The number of rotatable bonds is 4. The molecule has 0 unspecified atom stereocenters. The lowest BCUT2D eigenvalue weighted by Crippen LogP contribution is -2.15. The highest BCUT2D eigenvalue weighted by Gasteiger charge is 2.17. The van der Waals surface area contributed by atoms with E-state index in [2.05, 4.69) is 10.3 Å². The highest BCUT2D eigenvalue weighted by Crippen LogP contribution is 2.26. The van der Waals surface area contributed by atoms with Crippen LogP contribution in [0.2, 0.25) is 0 Å². The normalized spacial score (nSPS) is 10.7. The summed E-state index contributed by atoms with van der Waals surface area (Å²) in [5, 5.41) is 2.49. The lowest BCUT2D eigenvalue weighted by atomic mass is 10.1. The maximum atomic E-state index is 13.7. The zero-order valence-corrected chi connectivity index (χ0v) is 13.8. The predicted molar refractivity (Wildman–Crippen MR) is 90.4 cm³/mol. The molecule has 0 aliphatic heterocycles. The Kier molecular flexibility index (Phi) is 4.61. The Bertz CT molecular complexity index is 897. The van der Waals surface area contributed by atoms with Gasteiger partial charge in [-0.25, -0.2) is 13.8 Å². The highest BCUT2D eigenvalue weighted by molar-refractivity contribution is 6.04. The van der Waals surface area contributed by atoms with Gasteiger partial charge in [-0.2, -0.15) is 0 Å². The maximum Gasteiger partial charge on any atom is 0.261 e. The summed E-state index contributed by atoms with van der Waals surface area (Å²) in [6.45, 7) is 3.75. The summed E-state index contributed by atoms with van der Waals surface area (Å²) >= 11 is 0. The third-order valence-corrected chi connectivity index (χ3v) is 3.73. The fourth-order valence-electron chi connectivity index (χ4n) is 2.55. The molecule has 0 aliphatic carbocycles. The molecule has 1 N–H and O–H groups in total. The molecule has 1 aromatic heterocycles. The molecule has 3 rings (SSSR count). The van der Waals surface area contributed by atoms with Gasteiger partial charge in [0.15, 0.2) is 5.89 Å². The van der Waals surface area contributed by atoms with Crippen LogP contribution in [0.25, 0.3) is 11.3 Å². The largest absolute Gasteiger partial charge is 0.445 e. The second kappa shape index (κ2) is 6.84. The molecule has 6 heteroatoms. The van der Waals surface area contributed by atoms with Crippen LogP contribution in [0.1, 0.15) is 28.9 Å².